The molecule has 1 fully saturated rings. The van der Waals surface area contributed by atoms with Gasteiger partial charge in [0.1, 0.15) is 5.69 Å². The lowest BCUT2D eigenvalue weighted by molar-refractivity contribution is 0.102. The number of carbonyl (C=O) groups excluding carboxylic acids is 1. The second-order valence-electron chi connectivity index (χ2n) is 5.39. The van der Waals surface area contributed by atoms with Crippen LogP contribution in [-0.4, -0.2) is 34.1 Å². The van der Waals surface area contributed by atoms with E-state index in [2.05, 4.69) is 15.6 Å². The molecule has 1 amide bonds. The summed E-state index contributed by atoms with van der Waals surface area (Å²) in [5.41, 5.74) is 0.974. The van der Waals surface area contributed by atoms with Crippen LogP contribution in [0.15, 0.2) is 24.3 Å². The van der Waals surface area contributed by atoms with Crippen LogP contribution < -0.4 is 5.32 Å². The minimum Gasteiger partial charge on any atom is -0.381 e. The number of hydrogen-bond acceptors (Lipinski definition) is 4. The second-order valence-corrected chi connectivity index (χ2v) is 5.39. The number of aromatic nitrogens is 3. The van der Waals surface area contributed by atoms with Gasteiger partial charge in [0.15, 0.2) is 5.82 Å². The maximum absolute atomic E-state index is 13.0. The molecule has 3 rings (SSSR count). The number of rotatable bonds is 4. The summed E-state index contributed by atoms with van der Waals surface area (Å²) in [7, 11) is 1.35. The molecule has 0 saturated carbocycles. The summed E-state index contributed by atoms with van der Waals surface area (Å²) < 4.78 is 32.3. The minimum atomic E-state index is -2.77. The van der Waals surface area contributed by atoms with E-state index >= 15 is 0 Å². The summed E-state index contributed by atoms with van der Waals surface area (Å²) >= 11 is 0. The van der Waals surface area contributed by atoms with E-state index in [-0.39, 0.29) is 11.7 Å². The highest BCUT2D eigenvalue weighted by Gasteiger charge is 2.23. The number of halogens is 2. The number of anilines is 1. The molecule has 0 radical (unpaired) electrons. The van der Waals surface area contributed by atoms with Gasteiger partial charge in [-0.15, -0.1) is 5.10 Å². The van der Waals surface area contributed by atoms with Crippen molar-refractivity contribution in [2.24, 2.45) is 7.05 Å². The van der Waals surface area contributed by atoms with E-state index < -0.39 is 18.0 Å². The van der Waals surface area contributed by atoms with Gasteiger partial charge >= 0.3 is 0 Å². The molecule has 2 heterocycles. The van der Waals surface area contributed by atoms with E-state index in [1.807, 2.05) is 6.07 Å². The third-order valence-corrected chi connectivity index (χ3v) is 3.86. The lowest BCUT2D eigenvalue weighted by atomic mass is 9.96. The third kappa shape index (κ3) is 3.21. The fourth-order valence-electron chi connectivity index (χ4n) is 2.61. The van der Waals surface area contributed by atoms with Gasteiger partial charge in [-0.05, 0) is 24.1 Å². The topological polar surface area (TPSA) is 69.0 Å². The Morgan fingerprint density at radius 1 is 1.48 bits per heavy atom. The summed E-state index contributed by atoms with van der Waals surface area (Å²) in [5, 5.41) is 9.51. The predicted octanol–water partition coefficient (Wildman–Crippen LogP) is 2.51. The number of nitrogens with zero attached hydrogens (tertiary/aromatic N) is 3. The zero-order chi connectivity index (χ0) is 16.4. The zero-order valence-corrected chi connectivity index (χ0v) is 12.5. The van der Waals surface area contributed by atoms with Crippen molar-refractivity contribution in [3.63, 3.8) is 0 Å². The lowest BCUT2D eigenvalue weighted by Crippen LogP contribution is -2.14. The Balaban J connectivity index is 1.80. The molecular weight excluding hydrogens is 306 g/mol. The molecule has 0 bridgehead atoms. The summed E-state index contributed by atoms with van der Waals surface area (Å²) in [5.74, 6) is -0.453. The average molecular weight is 322 g/mol. The highest BCUT2D eigenvalue weighted by atomic mass is 19.3. The first-order chi connectivity index (χ1) is 11.1. The van der Waals surface area contributed by atoms with Gasteiger partial charge in [0.2, 0.25) is 0 Å². The molecular formula is C15H16F2N4O2. The summed E-state index contributed by atoms with van der Waals surface area (Å²) in [6.45, 7) is 1.34. The highest BCUT2D eigenvalue weighted by Crippen LogP contribution is 2.27. The third-order valence-electron chi connectivity index (χ3n) is 3.86. The van der Waals surface area contributed by atoms with Crippen LogP contribution in [0.25, 0.3) is 0 Å². The molecule has 8 heteroatoms. The molecule has 0 aliphatic carbocycles. The van der Waals surface area contributed by atoms with E-state index in [1.54, 1.807) is 18.2 Å². The molecule has 1 aliphatic rings. The van der Waals surface area contributed by atoms with Crippen molar-refractivity contribution in [1.29, 1.82) is 0 Å². The Labute approximate surface area is 131 Å². The van der Waals surface area contributed by atoms with Crippen LogP contribution in [0, 0.1) is 0 Å². The molecule has 1 unspecified atom stereocenters. The summed E-state index contributed by atoms with van der Waals surface area (Å²) in [4.78, 5) is 12.3. The Morgan fingerprint density at radius 2 is 2.30 bits per heavy atom. The zero-order valence-electron chi connectivity index (χ0n) is 12.5. The largest absolute Gasteiger partial charge is 0.381 e. The van der Waals surface area contributed by atoms with E-state index in [1.165, 1.54) is 7.05 Å². The molecule has 122 valence electrons. The first-order valence-electron chi connectivity index (χ1n) is 7.23. The smallest absolute Gasteiger partial charge is 0.283 e. The molecule has 1 aliphatic heterocycles. The Hall–Kier alpha value is -2.35. The fraction of sp³-hybridized carbons (Fsp3) is 0.400. The first-order valence-corrected chi connectivity index (χ1v) is 7.23. The maximum Gasteiger partial charge on any atom is 0.283 e. The monoisotopic (exact) mass is 322 g/mol. The number of benzene rings is 1. The molecule has 23 heavy (non-hydrogen) atoms. The van der Waals surface area contributed by atoms with Gasteiger partial charge in [0.05, 0.1) is 6.61 Å². The molecule has 1 saturated heterocycles. The van der Waals surface area contributed by atoms with Crippen molar-refractivity contribution in [2.45, 2.75) is 18.8 Å². The van der Waals surface area contributed by atoms with Crippen LogP contribution in [-0.2, 0) is 11.8 Å². The number of aryl methyl sites for hydroxylation is 1. The number of ether oxygens (including phenoxy) is 1. The predicted molar refractivity (Wildman–Crippen MR) is 78.5 cm³/mol. The van der Waals surface area contributed by atoms with Crippen molar-refractivity contribution in [1.82, 2.24) is 15.0 Å². The summed E-state index contributed by atoms with van der Waals surface area (Å²) in [6, 6.07) is 7.09. The van der Waals surface area contributed by atoms with Gasteiger partial charge in [0.25, 0.3) is 12.3 Å². The normalized spacial score (nSPS) is 17.7. The van der Waals surface area contributed by atoms with E-state index in [4.69, 9.17) is 4.74 Å². The van der Waals surface area contributed by atoms with Gasteiger partial charge in [0, 0.05) is 25.1 Å². The molecule has 2 aromatic rings. The van der Waals surface area contributed by atoms with Crippen molar-refractivity contribution in [3.8, 4) is 0 Å². The van der Waals surface area contributed by atoms with Gasteiger partial charge < -0.3 is 10.1 Å². The quantitative estimate of drug-likeness (QED) is 0.939. The van der Waals surface area contributed by atoms with Crippen LogP contribution in [0.2, 0.25) is 0 Å². The molecule has 1 aromatic carbocycles. The van der Waals surface area contributed by atoms with Gasteiger partial charge in [-0.1, -0.05) is 17.3 Å². The first kappa shape index (κ1) is 15.5. The second kappa shape index (κ2) is 6.41. The highest BCUT2D eigenvalue weighted by molar-refractivity contribution is 6.04. The number of amides is 1. The van der Waals surface area contributed by atoms with E-state index in [0.29, 0.717) is 18.8 Å². The van der Waals surface area contributed by atoms with Crippen LogP contribution in [0.1, 0.15) is 40.4 Å². The standard InChI is InChI=1S/C15H16F2N4O2/c1-21-12(13(16)17)14(19-20-21)18-15(22)10-4-2-3-9(7-10)11-5-6-23-8-11/h2-4,7,11,13H,5-6,8H2,1H3,(H,18,22). The SMILES string of the molecule is Cn1nnc(NC(=O)c2cccc(C3CCOC3)c2)c1C(F)F. The Morgan fingerprint density at radius 3 is 3.00 bits per heavy atom. The number of alkyl halides is 2. The van der Waals surface area contributed by atoms with Crippen LogP contribution in [0.4, 0.5) is 14.6 Å². The average Bonchev–Trinajstić information content (AvgIpc) is 3.17. The Kier molecular flexibility index (Phi) is 4.33. The van der Waals surface area contributed by atoms with Gasteiger partial charge in [-0.2, -0.15) is 0 Å². The maximum atomic E-state index is 13.0. The van der Waals surface area contributed by atoms with Gasteiger partial charge in [-0.3, -0.25) is 4.79 Å². The molecule has 1 N–H and O–H groups in total. The number of carbonyl (C=O) groups is 1. The van der Waals surface area contributed by atoms with E-state index in [0.717, 1.165) is 16.7 Å². The van der Waals surface area contributed by atoms with Crippen molar-refractivity contribution in [3.05, 3.63) is 41.1 Å². The molecule has 6 nitrogen and oxygen atoms in total. The van der Waals surface area contributed by atoms with Crippen molar-refractivity contribution < 1.29 is 18.3 Å². The summed E-state index contributed by atoms with van der Waals surface area (Å²) in [6.07, 6.45) is -1.86. The number of hydrogen-bond donors (Lipinski definition) is 1. The Bertz CT molecular complexity index is 711. The minimum absolute atomic E-state index is 0.220. The number of nitrogens with one attached hydrogen (secondary N) is 1. The van der Waals surface area contributed by atoms with Crippen LogP contribution in [0.5, 0.6) is 0 Å². The molecule has 0 spiro atoms. The van der Waals surface area contributed by atoms with Crippen molar-refractivity contribution in [2.75, 3.05) is 18.5 Å². The molecule has 1 aromatic heterocycles. The van der Waals surface area contributed by atoms with Crippen molar-refractivity contribution >= 4 is 11.7 Å². The van der Waals surface area contributed by atoms with Gasteiger partial charge in [-0.25, -0.2) is 13.5 Å². The van der Waals surface area contributed by atoms with E-state index in [9.17, 15) is 13.6 Å². The molecule has 1 atom stereocenters. The fourth-order valence-corrected chi connectivity index (χ4v) is 2.61. The van der Waals surface area contributed by atoms with Crippen LogP contribution >= 0.6 is 0 Å². The lowest BCUT2D eigenvalue weighted by Gasteiger charge is -2.10. The van der Waals surface area contributed by atoms with Crippen LogP contribution in [0.3, 0.4) is 0 Å².